The van der Waals surface area contributed by atoms with Crippen LogP contribution >= 0.6 is 0 Å². The van der Waals surface area contributed by atoms with E-state index in [1.165, 1.54) is 0 Å². The molecule has 0 amide bonds. The molecule has 0 unspecified atom stereocenters. The van der Waals surface area contributed by atoms with Gasteiger partial charge in [-0.2, -0.15) is 5.10 Å². The van der Waals surface area contributed by atoms with Crippen molar-refractivity contribution in [2.45, 2.75) is 6.54 Å². The first-order valence-electron chi connectivity index (χ1n) is 2.26. The maximum atomic E-state index is 5.00. The van der Waals surface area contributed by atoms with Crippen molar-refractivity contribution >= 4 is 0 Å². The largest absolute Gasteiger partial charge is 0.260 e. The molecule has 1 rings (SSSR count). The topological polar surface area (TPSA) is 17.8 Å². The van der Waals surface area contributed by atoms with E-state index >= 15 is 0 Å². The highest BCUT2D eigenvalue weighted by Crippen LogP contribution is 1.79. The third kappa shape index (κ3) is 0.881. The van der Waals surface area contributed by atoms with E-state index in [-0.39, 0.29) is 0 Å². The van der Waals surface area contributed by atoms with Crippen LogP contribution in [0.5, 0.6) is 0 Å². The molecule has 1 heterocycles. The SMILES string of the molecule is C#CCn1cc[c]n1. The molecule has 1 aromatic rings. The first-order chi connectivity index (χ1) is 3.93. The van der Waals surface area contributed by atoms with Gasteiger partial charge in [-0.05, 0) is 6.07 Å². The zero-order valence-corrected chi connectivity index (χ0v) is 4.33. The molecular formula is C6H5N2. The van der Waals surface area contributed by atoms with E-state index in [9.17, 15) is 0 Å². The molecule has 0 spiro atoms. The Bertz CT molecular complexity index is 181. The molecule has 2 heteroatoms. The summed E-state index contributed by atoms with van der Waals surface area (Å²) in [6, 6.07) is 1.72. The van der Waals surface area contributed by atoms with E-state index in [1.807, 2.05) is 0 Å². The summed E-state index contributed by atoms with van der Waals surface area (Å²) in [7, 11) is 0. The lowest BCUT2D eigenvalue weighted by molar-refractivity contribution is 0.714. The van der Waals surface area contributed by atoms with Gasteiger partial charge in [0.2, 0.25) is 0 Å². The summed E-state index contributed by atoms with van der Waals surface area (Å²) in [6.07, 6.45) is 9.40. The first kappa shape index (κ1) is 4.92. The molecule has 2 nitrogen and oxygen atoms in total. The minimum Gasteiger partial charge on any atom is -0.260 e. The van der Waals surface area contributed by atoms with E-state index in [4.69, 9.17) is 6.42 Å². The van der Waals surface area contributed by atoms with E-state index < -0.39 is 0 Å². The van der Waals surface area contributed by atoms with E-state index in [1.54, 1.807) is 16.9 Å². The molecule has 0 aromatic carbocycles. The summed E-state index contributed by atoms with van der Waals surface area (Å²) in [6.45, 7) is 0.531. The number of nitrogens with zero attached hydrogens (tertiary/aromatic N) is 2. The summed E-state index contributed by atoms with van der Waals surface area (Å²) < 4.78 is 1.64. The van der Waals surface area contributed by atoms with Crippen LogP contribution in [0.25, 0.3) is 0 Å². The third-order valence-corrected chi connectivity index (χ3v) is 0.761. The molecule has 8 heavy (non-hydrogen) atoms. The monoisotopic (exact) mass is 105 g/mol. The zero-order chi connectivity index (χ0) is 5.82. The molecule has 39 valence electrons. The van der Waals surface area contributed by atoms with Gasteiger partial charge < -0.3 is 0 Å². The Kier molecular flexibility index (Phi) is 1.34. The van der Waals surface area contributed by atoms with Gasteiger partial charge in [0.05, 0.1) is 0 Å². The molecule has 1 aromatic heterocycles. The van der Waals surface area contributed by atoms with Crippen LogP contribution in [0.4, 0.5) is 0 Å². The zero-order valence-electron chi connectivity index (χ0n) is 4.33. The Balaban J connectivity index is 2.67. The Labute approximate surface area is 48.1 Å². The van der Waals surface area contributed by atoms with E-state index in [2.05, 4.69) is 17.2 Å². The van der Waals surface area contributed by atoms with Gasteiger partial charge in [0.25, 0.3) is 0 Å². The number of hydrogen-bond donors (Lipinski definition) is 0. The number of aromatic nitrogens is 2. The van der Waals surface area contributed by atoms with Crippen molar-refractivity contribution in [3.05, 3.63) is 18.5 Å². The first-order valence-corrected chi connectivity index (χ1v) is 2.26. The molecule has 0 aliphatic carbocycles. The van der Waals surface area contributed by atoms with Crippen LogP contribution < -0.4 is 0 Å². The second-order valence-corrected chi connectivity index (χ2v) is 1.35. The quantitative estimate of drug-likeness (QED) is 0.470. The molecular weight excluding hydrogens is 100 g/mol. The highest BCUT2D eigenvalue weighted by Gasteiger charge is 1.80. The van der Waals surface area contributed by atoms with Crippen molar-refractivity contribution in [1.82, 2.24) is 9.78 Å². The van der Waals surface area contributed by atoms with Crippen LogP contribution in [0.2, 0.25) is 0 Å². The van der Waals surface area contributed by atoms with Crippen molar-refractivity contribution in [1.29, 1.82) is 0 Å². The van der Waals surface area contributed by atoms with Gasteiger partial charge in [0.1, 0.15) is 12.7 Å². The molecule has 1 radical (unpaired) electrons. The number of terminal acetylenes is 1. The average Bonchev–Trinajstić information content (AvgIpc) is 2.19. The van der Waals surface area contributed by atoms with Gasteiger partial charge in [-0.3, -0.25) is 4.68 Å². The van der Waals surface area contributed by atoms with Gasteiger partial charge in [0.15, 0.2) is 0 Å². The molecule has 0 N–H and O–H groups in total. The van der Waals surface area contributed by atoms with Crippen LogP contribution in [-0.4, -0.2) is 9.78 Å². The van der Waals surface area contributed by atoms with Crippen molar-refractivity contribution < 1.29 is 0 Å². The minimum atomic E-state index is 0.531. The summed E-state index contributed by atoms with van der Waals surface area (Å²) in [5, 5.41) is 3.76. The lowest BCUT2D eigenvalue weighted by atomic mass is 10.7. The Hall–Kier alpha value is -1.23. The molecule has 0 aliphatic rings. The lowest BCUT2D eigenvalue weighted by Gasteiger charge is -1.87. The number of rotatable bonds is 1. The molecule has 0 bridgehead atoms. The van der Waals surface area contributed by atoms with Crippen LogP contribution in [0, 0.1) is 18.5 Å². The van der Waals surface area contributed by atoms with Crippen LogP contribution in [0.1, 0.15) is 0 Å². The van der Waals surface area contributed by atoms with Crippen molar-refractivity contribution in [2.75, 3.05) is 0 Å². The molecule has 0 saturated heterocycles. The number of hydrogen-bond acceptors (Lipinski definition) is 1. The highest BCUT2D eigenvalue weighted by atomic mass is 15.2. The summed E-state index contributed by atoms with van der Waals surface area (Å²) in [4.78, 5) is 0. The van der Waals surface area contributed by atoms with Crippen LogP contribution in [-0.2, 0) is 6.54 Å². The van der Waals surface area contributed by atoms with Crippen molar-refractivity contribution in [3.8, 4) is 12.3 Å². The normalized spacial score (nSPS) is 8.38. The summed E-state index contributed by atoms with van der Waals surface area (Å²) >= 11 is 0. The van der Waals surface area contributed by atoms with Crippen molar-refractivity contribution in [3.63, 3.8) is 0 Å². The van der Waals surface area contributed by atoms with Gasteiger partial charge in [-0.25, -0.2) is 0 Å². The smallest absolute Gasteiger partial charge is 0.113 e. The second kappa shape index (κ2) is 2.17. The Morgan fingerprint density at radius 3 is 3.25 bits per heavy atom. The fourth-order valence-electron chi connectivity index (χ4n) is 0.442. The van der Waals surface area contributed by atoms with Gasteiger partial charge in [-0.1, -0.05) is 5.92 Å². The van der Waals surface area contributed by atoms with E-state index in [0.29, 0.717) is 6.54 Å². The third-order valence-electron chi connectivity index (χ3n) is 0.761. The molecule has 0 fully saturated rings. The summed E-state index contributed by atoms with van der Waals surface area (Å²) in [5.41, 5.74) is 0. The fraction of sp³-hybridized carbons (Fsp3) is 0.167. The van der Waals surface area contributed by atoms with Gasteiger partial charge in [0, 0.05) is 6.20 Å². The molecule has 0 saturated carbocycles. The molecule has 0 atom stereocenters. The highest BCUT2D eigenvalue weighted by molar-refractivity contribution is 4.86. The second-order valence-electron chi connectivity index (χ2n) is 1.35. The van der Waals surface area contributed by atoms with Gasteiger partial charge in [-0.15, -0.1) is 6.42 Å². The van der Waals surface area contributed by atoms with Crippen molar-refractivity contribution in [2.24, 2.45) is 0 Å². The summed E-state index contributed by atoms with van der Waals surface area (Å²) in [5.74, 6) is 2.45. The van der Waals surface area contributed by atoms with Crippen LogP contribution in [0.15, 0.2) is 12.3 Å². The minimum absolute atomic E-state index is 0.531. The maximum Gasteiger partial charge on any atom is 0.113 e. The predicted octanol–water partition coefficient (Wildman–Crippen LogP) is 0.316. The van der Waals surface area contributed by atoms with E-state index in [0.717, 1.165) is 0 Å². The maximum absolute atomic E-state index is 5.00. The van der Waals surface area contributed by atoms with Crippen LogP contribution in [0.3, 0.4) is 0 Å². The Morgan fingerprint density at radius 1 is 1.88 bits per heavy atom. The fourth-order valence-corrected chi connectivity index (χ4v) is 0.442. The molecule has 0 aliphatic heterocycles. The standard InChI is InChI=1S/C6H5N2/c1-2-5-8-6-3-4-7-8/h1,3,6H,5H2. The van der Waals surface area contributed by atoms with Gasteiger partial charge >= 0.3 is 0 Å². The average molecular weight is 105 g/mol. The Morgan fingerprint density at radius 2 is 2.75 bits per heavy atom. The predicted molar refractivity (Wildman–Crippen MR) is 29.9 cm³/mol. The lowest BCUT2D eigenvalue weighted by Crippen LogP contribution is -1.93.